The number of aromatic nitrogens is 1. The maximum Gasteiger partial charge on any atom is 0.137 e. The van der Waals surface area contributed by atoms with Crippen LogP contribution in [0.1, 0.15) is 19.0 Å². The van der Waals surface area contributed by atoms with E-state index < -0.39 is 0 Å². The van der Waals surface area contributed by atoms with E-state index in [0.717, 1.165) is 29.8 Å². The lowest BCUT2D eigenvalue weighted by Crippen LogP contribution is -1.95. The molecule has 1 aromatic heterocycles. The lowest BCUT2D eigenvalue weighted by Gasteiger charge is -2.03. The van der Waals surface area contributed by atoms with Gasteiger partial charge in [-0.2, -0.15) is 0 Å². The SMILES string of the molecule is CCCOc1ccc(CBr)nc1. The van der Waals surface area contributed by atoms with Gasteiger partial charge in [0, 0.05) is 5.33 Å². The molecule has 0 spiro atoms. The van der Waals surface area contributed by atoms with Gasteiger partial charge in [0.15, 0.2) is 0 Å². The van der Waals surface area contributed by atoms with E-state index in [-0.39, 0.29) is 0 Å². The number of hydrogen-bond donors (Lipinski definition) is 0. The molecule has 0 aromatic carbocycles. The molecule has 0 radical (unpaired) electrons. The minimum atomic E-state index is 0.759. The Kier molecular flexibility index (Phi) is 4.08. The third-order valence-electron chi connectivity index (χ3n) is 1.41. The van der Waals surface area contributed by atoms with Gasteiger partial charge in [-0.15, -0.1) is 0 Å². The molecule has 66 valence electrons. The zero-order valence-corrected chi connectivity index (χ0v) is 8.67. The van der Waals surface area contributed by atoms with Crippen LogP contribution in [0, 0.1) is 0 Å². The second-order valence-corrected chi connectivity index (χ2v) is 3.03. The van der Waals surface area contributed by atoms with Gasteiger partial charge in [-0.25, -0.2) is 0 Å². The number of halogens is 1. The first-order chi connectivity index (χ1) is 5.86. The predicted octanol–water partition coefficient (Wildman–Crippen LogP) is 2.77. The van der Waals surface area contributed by atoms with Gasteiger partial charge in [0.05, 0.1) is 18.5 Å². The Hall–Kier alpha value is -0.570. The minimum Gasteiger partial charge on any atom is -0.492 e. The topological polar surface area (TPSA) is 22.1 Å². The summed E-state index contributed by atoms with van der Waals surface area (Å²) in [7, 11) is 0. The van der Waals surface area contributed by atoms with E-state index in [9.17, 15) is 0 Å². The van der Waals surface area contributed by atoms with Crippen LogP contribution in [-0.4, -0.2) is 11.6 Å². The monoisotopic (exact) mass is 229 g/mol. The average Bonchev–Trinajstić information content (AvgIpc) is 2.15. The first-order valence-corrected chi connectivity index (χ1v) is 5.12. The number of ether oxygens (including phenoxy) is 1. The van der Waals surface area contributed by atoms with Gasteiger partial charge < -0.3 is 4.74 Å². The maximum absolute atomic E-state index is 5.38. The molecule has 0 amide bonds. The molecule has 0 saturated carbocycles. The molecule has 0 aliphatic heterocycles. The molecular weight excluding hydrogens is 218 g/mol. The van der Waals surface area contributed by atoms with Gasteiger partial charge in [0.1, 0.15) is 5.75 Å². The molecule has 1 heterocycles. The van der Waals surface area contributed by atoms with Gasteiger partial charge in [0.2, 0.25) is 0 Å². The highest BCUT2D eigenvalue weighted by Gasteiger charge is 1.93. The summed E-state index contributed by atoms with van der Waals surface area (Å²) < 4.78 is 5.38. The molecule has 0 fully saturated rings. The fourth-order valence-electron chi connectivity index (χ4n) is 0.795. The molecule has 2 nitrogen and oxygen atoms in total. The van der Waals surface area contributed by atoms with Gasteiger partial charge in [-0.05, 0) is 18.6 Å². The standard InChI is InChI=1S/C9H12BrNO/c1-2-5-12-9-4-3-8(6-10)11-7-9/h3-4,7H,2,5-6H2,1H3. The third kappa shape index (κ3) is 2.81. The molecule has 0 atom stereocenters. The lowest BCUT2D eigenvalue weighted by atomic mass is 10.4. The van der Waals surface area contributed by atoms with Crippen LogP contribution in [0.25, 0.3) is 0 Å². The second kappa shape index (κ2) is 5.14. The quantitative estimate of drug-likeness (QED) is 0.742. The molecule has 3 heteroatoms. The summed E-state index contributed by atoms with van der Waals surface area (Å²) in [5.74, 6) is 0.849. The van der Waals surface area contributed by atoms with Crippen molar-refractivity contribution < 1.29 is 4.74 Å². The second-order valence-electron chi connectivity index (χ2n) is 2.47. The molecule has 1 rings (SSSR count). The summed E-state index contributed by atoms with van der Waals surface area (Å²) in [4.78, 5) is 4.18. The molecule has 0 bridgehead atoms. The Labute approximate surface area is 81.1 Å². The fourth-order valence-corrected chi connectivity index (χ4v) is 1.13. The van der Waals surface area contributed by atoms with Crippen LogP contribution in [0.3, 0.4) is 0 Å². The molecule has 0 N–H and O–H groups in total. The van der Waals surface area contributed by atoms with Crippen LogP contribution in [0.5, 0.6) is 5.75 Å². The number of nitrogens with zero attached hydrogens (tertiary/aromatic N) is 1. The zero-order valence-electron chi connectivity index (χ0n) is 7.09. The Morgan fingerprint density at radius 3 is 2.83 bits per heavy atom. The molecule has 0 unspecified atom stereocenters. The highest BCUT2D eigenvalue weighted by molar-refractivity contribution is 9.08. The number of alkyl halides is 1. The molecule has 12 heavy (non-hydrogen) atoms. The summed E-state index contributed by atoms with van der Waals surface area (Å²) in [6.45, 7) is 2.84. The number of rotatable bonds is 4. The molecular formula is C9H12BrNO. The fraction of sp³-hybridized carbons (Fsp3) is 0.444. The lowest BCUT2D eigenvalue weighted by molar-refractivity contribution is 0.316. The van der Waals surface area contributed by atoms with Crippen molar-refractivity contribution in [2.75, 3.05) is 6.61 Å². The van der Waals surface area contributed by atoms with Crippen molar-refractivity contribution in [1.82, 2.24) is 4.98 Å². The van der Waals surface area contributed by atoms with Crippen LogP contribution in [0.4, 0.5) is 0 Å². The van der Waals surface area contributed by atoms with Gasteiger partial charge in [-0.3, -0.25) is 4.98 Å². The van der Waals surface area contributed by atoms with Crippen LogP contribution in [-0.2, 0) is 5.33 Å². The van der Waals surface area contributed by atoms with E-state index in [4.69, 9.17) is 4.74 Å². The van der Waals surface area contributed by atoms with Crippen LogP contribution in [0.15, 0.2) is 18.3 Å². The first-order valence-electron chi connectivity index (χ1n) is 4.00. The van der Waals surface area contributed by atoms with Crippen LogP contribution >= 0.6 is 15.9 Å². The average molecular weight is 230 g/mol. The summed E-state index contributed by atoms with van der Waals surface area (Å²) in [6, 6.07) is 3.90. The predicted molar refractivity (Wildman–Crippen MR) is 52.7 cm³/mol. The van der Waals surface area contributed by atoms with Crippen molar-refractivity contribution in [2.24, 2.45) is 0 Å². The van der Waals surface area contributed by atoms with Gasteiger partial charge >= 0.3 is 0 Å². The Balaban J connectivity index is 2.53. The highest BCUT2D eigenvalue weighted by Crippen LogP contribution is 2.10. The summed E-state index contributed by atoms with van der Waals surface area (Å²) in [6.07, 6.45) is 2.78. The van der Waals surface area contributed by atoms with Gasteiger partial charge in [0.25, 0.3) is 0 Å². The minimum absolute atomic E-state index is 0.759. The Morgan fingerprint density at radius 2 is 2.33 bits per heavy atom. The molecule has 0 aliphatic carbocycles. The van der Waals surface area contributed by atoms with E-state index in [1.807, 2.05) is 12.1 Å². The van der Waals surface area contributed by atoms with E-state index >= 15 is 0 Å². The smallest absolute Gasteiger partial charge is 0.137 e. The third-order valence-corrected chi connectivity index (χ3v) is 1.98. The van der Waals surface area contributed by atoms with Crippen molar-refractivity contribution >= 4 is 15.9 Å². The van der Waals surface area contributed by atoms with Gasteiger partial charge in [-0.1, -0.05) is 22.9 Å². The van der Waals surface area contributed by atoms with E-state index in [2.05, 4.69) is 27.8 Å². The Morgan fingerprint density at radius 1 is 1.50 bits per heavy atom. The van der Waals surface area contributed by atoms with Crippen LogP contribution in [0.2, 0.25) is 0 Å². The number of pyridine rings is 1. The van der Waals surface area contributed by atoms with Crippen LogP contribution < -0.4 is 4.74 Å². The summed E-state index contributed by atoms with van der Waals surface area (Å²) >= 11 is 3.33. The van der Waals surface area contributed by atoms with Crippen molar-refractivity contribution in [2.45, 2.75) is 18.7 Å². The highest BCUT2D eigenvalue weighted by atomic mass is 79.9. The maximum atomic E-state index is 5.38. The van der Waals surface area contributed by atoms with Crippen molar-refractivity contribution in [3.05, 3.63) is 24.0 Å². The number of hydrogen-bond acceptors (Lipinski definition) is 2. The molecule has 0 saturated heterocycles. The Bertz CT molecular complexity index is 222. The van der Waals surface area contributed by atoms with Crippen molar-refractivity contribution in [1.29, 1.82) is 0 Å². The zero-order chi connectivity index (χ0) is 8.81. The molecule has 1 aromatic rings. The van der Waals surface area contributed by atoms with E-state index in [0.29, 0.717) is 0 Å². The van der Waals surface area contributed by atoms with E-state index in [1.165, 1.54) is 0 Å². The first kappa shape index (κ1) is 9.52. The summed E-state index contributed by atoms with van der Waals surface area (Å²) in [5, 5.41) is 0.793. The van der Waals surface area contributed by atoms with Crippen molar-refractivity contribution in [3.63, 3.8) is 0 Å². The normalized spacial score (nSPS) is 9.83. The van der Waals surface area contributed by atoms with E-state index in [1.54, 1.807) is 6.20 Å². The largest absolute Gasteiger partial charge is 0.492 e. The summed E-state index contributed by atoms with van der Waals surface area (Å²) in [5.41, 5.74) is 1.03. The van der Waals surface area contributed by atoms with Crippen molar-refractivity contribution in [3.8, 4) is 5.75 Å². The molecule has 0 aliphatic rings.